The summed E-state index contributed by atoms with van der Waals surface area (Å²) >= 11 is 4.08. The zero-order valence-corrected chi connectivity index (χ0v) is 12.1. The number of aromatic nitrogens is 2. The average molecular weight is 310 g/mol. The first-order valence-corrected chi connectivity index (χ1v) is 7.73. The summed E-state index contributed by atoms with van der Waals surface area (Å²) in [6.45, 7) is 0.814. The second-order valence-electron chi connectivity index (χ2n) is 4.53. The van der Waals surface area contributed by atoms with E-state index in [1.807, 2.05) is 18.2 Å². The van der Waals surface area contributed by atoms with Crippen molar-refractivity contribution < 1.29 is 8.76 Å². The van der Waals surface area contributed by atoms with E-state index in [9.17, 15) is 4.21 Å². The summed E-state index contributed by atoms with van der Waals surface area (Å²) < 4.78 is 19.8. The Balaban J connectivity index is 1.93. The summed E-state index contributed by atoms with van der Waals surface area (Å²) in [5.74, 6) is 0.925. The van der Waals surface area contributed by atoms with Gasteiger partial charge in [-0.3, -0.25) is 0 Å². The molecule has 0 fully saturated rings. The Morgan fingerprint density at radius 2 is 2.20 bits per heavy atom. The highest BCUT2D eigenvalue weighted by Gasteiger charge is 2.22. The van der Waals surface area contributed by atoms with Gasteiger partial charge in [-0.05, 0) is 23.6 Å². The molecule has 0 saturated heterocycles. The summed E-state index contributed by atoms with van der Waals surface area (Å²) in [6, 6.07) is 7.54. The third-order valence-corrected chi connectivity index (χ3v) is 4.01. The lowest BCUT2D eigenvalue weighted by molar-refractivity contribution is 0.563. The normalized spacial score (nSPS) is 15.2. The molecule has 104 valence electrons. The summed E-state index contributed by atoms with van der Waals surface area (Å²) in [6.07, 6.45) is 2.32. The van der Waals surface area contributed by atoms with Gasteiger partial charge in [-0.1, -0.05) is 23.7 Å². The molecule has 2 heterocycles. The average Bonchev–Trinajstić information content (AvgIpc) is 2.81. The van der Waals surface area contributed by atoms with Crippen LogP contribution in [0.4, 0.5) is 11.5 Å². The molecule has 0 spiro atoms. The number of halogens is 1. The predicted molar refractivity (Wildman–Crippen MR) is 78.7 cm³/mol. The number of hydrogen-bond acceptors (Lipinski definition) is 4. The van der Waals surface area contributed by atoms with E-state index >= 15 is 0 Å². The van der Waals surface area contributed by atoms with Crippen LogP contribution in [0.25, 0.3) is 0 Å². The first kappa shape index (κ1) is 13.5. The Morgan fingerprint density at radius 1 is 1.35 bits per heavy atom. The highest BCUT2D eigenvalue weighted by molar-refractivity contribution is 7.78. The van der Waals surface area contributed by atoms with E-state index in [4.69, 9.17) is 16.2 Å². The molecule has 1 N–H and O–H groups in total. The van der Waals surface area contributed by atoms with Crippen LogP contribution in [0.1, 0.15) is 11.1 Å². The monoisotopic (exact) mass is 309 g/mol. The van der Waals surface area contributed by atoms with Crippen LogP contribution in [0.5, 0.6) is 0 Å². The van der Waals surface area contributed by atoms with Crippen molar-refractivity contribution in [3.05, 3.63) is 46.9 Å². The number of hydrogen-bond donors (Lipinski definition) is 1. The van der Waals surface area contributed by atoms with Crippen LogP contribution >= 0.6 is 11.6 Å². The standard InChI is InChI=1S/C13H12ClN3O2S/c14-12-6-13(16-8-15-12)17-4-3-10-5-9(7-20(18)19)1-2-11(10)17/h1-2,5-6,8H,3-4,7H2,(H,18,19). The zero-order valence-electron chi connectivity index (χ0n) is 10.5. The smallest absolute Gasteiger partial charge is 0.157 e. The summed E-state index contributed by atoms with van der Waals surface area (Å²) in [4.78, 5) is 10.2. The van der Waals surface area contributed by atoms with Crippen molar-refractivity contribution in [1.29, 1.82) is 0 Å². The maximum Gasteiger partial charge on any atom is 0.157 e. The molecule has 7 heteroatoms. The van der Waals surface area contributed by atoms with E-state index < -0.39 is 11.1 Å². The molecule has 1 atom stereocenters. The van der Waals surface area contributed by atoms with Crippen LogP contribution in [-0.2, 0) is 23.3 Å². The molecule has 3 rings (SSSR count). The molecule has 5 nitrogen and oxygen atoms in total. The molecule has 1 unspecified atom stereocenters. The van der Waals surface area contributed by atoms with Crippen molar-refractivity contribution in [3.8, 4) is 0 Å². The molecule has 20 heavy (non-hydrogen) atoms. The highest BCUT2D eigenvalue weighted by atomic mass is 35.5. The first-order chi connectivity index (χ1) is 9.63. The maximum absolute atomic E-state index is 10.9. The molecule has 0 saturated carbocycles. The molecular formula is C13H12ClN3O2S. The van der Waals surface area contributed by atoms with Crippen LogP contribution in [0.15, 0.2) is 30.6 Å². The number of rotatable bonds is 3. The maximum atomic E-state index is 10.9. The van der Waals surface area contributed by atoms with Crippen LogP contribution in [0.3, 0.4) is 0 Å². The molecule has 0 bridgehead atoms. The third kappa shape index (κ3) is 2.67. The topological polar surface area (TPSA) is 66.3 Å². The van der Waals surface area contributed by atoms with Gasteiger partial charge in [0.1, 0.15) is 17.3 Å². The molecule has 1 aliphatic rings. The van der Waals surface area contributed by atoms with E-state index in [1.165, 1.54) is 6.33 Å². The number of nitrogens with zero attached hydrogens (tertiary/aromatic N) is 3. The molecule has 0 aliphatic carbocycles. The molecular weight excluding hydrogens is 298 g/mol. The summed E-state index contributed by atoms with van der Waals surface area (Å²) in [7, 11) is 0. The van der Waals surface area contributed by atoms with Gasteiger partial charge in [0.25, 0.3) is 0 Å². The molecule has 2 aromatic rings. The van der Waals surface area contributed by atoms with E-state index in [2.05, 4.69) is 14.9 Å². The fourth-order valence-electron chi connectivity index (χ4n) is 2.40. The Labute approximate surface area is 123 Å². The minimum Gasteiger partial charge on any atom is -0.326 e. The van der Waals surface area contributed by atoms with Gasteiger partial charge < -0.3 is 9.45 Å². The fraction of sp³-hybridized carbons (Fsp3) is 0.231. The van der Waals surface area contributed by atoms with Crippen LogP contribution in [-0.4, -0.2) is 25.3 Å². The van der Waals surface area contributed by atoms with Crippen molar-refractivity contribution in [1.82, 2.24) is 9.97 Å². The minimum atomic E-state index is -1.81. The Morgan fingerprint density at radius 3 is 2.95 bits per heavy atom. The molecule has 0 amide bonds. The van der Waals surface area contributed by atoms with E-state index in [0.717, 1.165) is 35.6 Å². The molecule has 1 aliphatic heterocycles. The van der Waals surface area contributed by atoms with Crippen LogP contribution in [0.2, 0.25) is 5.15 Å². The lowest BCUT2D eigenvalue weighted by atomic mass is 10.1. The van der Waals surface area contributed by atoms with Gasteiger partial charge in [-0.15, -0.1) is 0 Å². The van der Waals surface area contributed by atoms with Crippen molar-refractivity contribution in [3.63, 3.8) is 0 Å². The van der Waals surface area contributed by atoms with Crippen molar-refractivity contribution in [2.75, 3.05) is 11.4 Å². The minimum absolute atomic E-state index is 0.159. The van der Waals surface area contributed by atoms with Gasteiger partial charge in [0.05, 0.1) is 5.75 Å². The van der Waals surface area contributed by atoms with Gasteiger partial charge in [0, 0.05) is 18.3 Å². The van der Waals surface area contributed by atoms with Crippen molar-refractivity contribution >= 4 is 34.2 Å². The zero-order chi connectivity index (χ0) is 14.1. The second-order valence-corrected chi connectivity index (χ2v) is 5.85. The largest absolute Gasteiger partial charge is 0.326 e. The quantitative estimate of drug-likeness (QED) is 0.697. The van der Waals surface area contributed by atoms with E-state index in [-0.39, 0.29) is 5.75 Å². The molecule has 1 aromatic carbocycles. The van der Waals surface area contributed by atoms with Gasteiger partial charge in [-0.25, -0.2) is 14.2 Å². The van der Waals surface area contributed by atoms with Crippen LogP contribution < -0.4 is 4.90 Å². The Bertz CT molecular complexity index is 680. The number of benzene rings is 1. The summed E-state index contributed by atoms with van der Waals surface area (Å²) in [5.41, 5.74) is 3.09. The van der Waals surface area contributed by atoms with E-state index in [1.54, 1.807) is 6.07 Å². The van der Waals surface area contributed by atoms with Crippen LogP contribution in [0, 0.1) is 0 Å². The third-order valence-electron chi connectivity index (χ3n) is 3.23. The molecule has 1 aromatic heterocycles. The fourth-order valence-corrected chi connectivity index (χ4v) is 3.00. The Hall–Kier alpha value is -1.50. The molecule has 0 radical (unpaired) electrons. The number of fused-ring (bicyclic) bond motifs is 1. The van der Waals surface area contributed by atoms with Gasteiger partial charge >= 0.3 is 0 Å². The van der Waals surface area contributed by atoms with Crippen molar-refractivity contribution in [2.45, 2.75) is 12.2 Å². The second kappa shape index (κ2) is 5.47. The van der Waals surface area contributed by atoms with Gasteiger partial charge in [0.2, 0.25) is 0 Å². The number of anilines is 2. The highest BCUT2D eigenvalue weighted by Crippen LogP contribution is 2.34. The van der Waals surface area contributed by atoms with Gasteiger partial charge in [0.15, 0.2) is 11.1 Å². The first-order valence-electron chi connectivity index (χ1n) is 6.08. The van der Waals surface area contributed by atoms with E-state index in [0.29, 0.717) is 5.15 Å². The van der Waals surface area contributed by atoms with Gasteiger partial charge in [-0.2, -0.15) is 0 Å². The lowest BCUT2D eigenvalue weighted by Gasteiger charge is -2.18. The predicted octanol–water partition coefficient (Wildman–Crippen LogP) is 2.55. The van der Waals surface area contributed by atoms with Crippen molar-refractivity contribution in [2.24, 2.45) is 0 Å². The summed E-state index contributed by atoms with van der Waals surface area (Å²) in [5, 5.41) is 0.413. The lowest BCUT2D eigenvalue weighted by Crippen LogP contribution is -2.14. The SMILES string of the molecule is O=S(O)Cc1ccc2c(c1)CCN2c1cc(Cl)ncn1. The Kier molecular flexibility index (Phi) is 3.69.